The molecule has 0 fully saturated rings. The Labute approximate surface area is 120 Å². The van der Waals surface area contributed by atoms with Gasteiger partial charge in [0.1, 0.15) is 5.01 Å². The van der Waals surface area contributed by atoms with Crippen LogP contribution in [0.15, 0.2) is 18.2 Å². The molecule has 0 spiro atoms. The molecule has 7 heteroatoms. The summed E-state index contributed by atoms with van der Waals surface area (Å²) in [5.41, 5.74) is 2.46. The van der Waals surface area contributed by atoms with Crippen molar-refractivity contribution in [1.82, 2.24) is 10.2 Å². The number of amides is 2. The second-order valence-corrected chi connectivity index (χ2v) is 5.48. The first kappa shape index (κ1) is 14.1. The SMILES string of the molecule is Cc1nnc(NC(=O)C(=O)Nc2c(C)cccc2C)s1. The first-order chi connectivity index (χ1) is 9.47. The lowest BCUT2D eigenvalue weighted by Gasteiger charge is -2.10. The van der Waals surface area contributed by atoms with Crippen LogP contribution in [0, 0.1) is 20.8 Å². The Balaban J connectivity index is 2.06. The minimum Gasteiger partial charge on any atom is -0.317 e. The minimum atomic E-state index is -0.760. The van der Waals surface area contributed by atoms with E-state index in [-0.39, 0.29) is 0 Å². The number of hydrogen-bond donors (Lipinski definition) is 2. The van der Waals surface area contributed by atoms with E-state index in [0.717, 1.165) is 16.1 Å². The lowest BCUT2D eigenvalue weighted by atomic mass is 10.1. The molecule has 0 radical (unpaired) electrons. The van der Waals surface area contributed by atoms with Crippen molar-refractivity contribution < 1.29 is 9.59 Å². The molecule has 1 heterocycles. The number of rotatable bonds is 2. The number of benzene rings is 1. The highest BCUT2D eigenvalue weighted by atomic mass is 32.1. The highest BCUT2D eigenvalue weighted by Gasteiger charge is 2.17. The molecular formula is C13H14N4O2S. The van der Waals surface area contributed by atoms with Gasteiger partial charge >= 0.3 is 11.8 Å². The van der Waals surface area contributed by atoms with Gasteiger partial charge < -0.3 is 5.32 Å². The summed E-state index contributed by atoms with van der Waals surface area (Å²) in [6.45, 7) is 5.51. The monoisotopic (exact) mass is 290 g/mol. The van der Waals surface area contributed by atoms with Crippen molar-refractivity contribution in [3.63, 3.8) is 0 Å². The van der Waals surface area contributed by atoms with Crippen LogP contribution in [0.4, 0.5) is 10.8 Å². The number of aryl methyl sites for hydroxylation is 3. The maximum absolute atomic E-state index is 11.9. The van der Waals surface area contributed by atoms with Gasteiger partial charge in [-0.2, -0.15) is 0 Å². The molecule has 0 saturated heterocycles. The molecule has 6 nitrogen and oxygen atoms in total. The normalized spacial score (nSPS) is 10.2. The Bertz CT molecular complexity index is 646. The van der Waals surface area contributed by atoms with Crippen molar-refractivity contribution in [2.75, 3.05) is 10.6 Å². The molecule has 0 bridgehead atoms. The molecule has 104 valence electrons. The predicted molar refractivity (Wildman–Crippen MR) is 77.8 cm³/mol. The van der Waals surface area contributed by atoms with Crippen LogP contribution in [0.2, 0.25) is 0 Å². The van der Waals surface area contributed by atoms with Crippen molar-refractivity contribution >= 4 is 34.0 Å². The lowest BCUT2D eigenvalue weighted by molar-refractivity contribution is -0.133. The largest absolute Gasteiger partial charge is 0.317 e. The number of carbonyl (C=O) groups excluding carboxylic acids is 2. The van der Waals surface area contributed by atoms with E-state index in [4.69, 9.17) is 0 Å². The van der Waals surface area contributed by atoms with Crippen molar-refractivity contribution in [1.29, 1.82) is 0 Å². The fraction of sp³-hybridized carbons (Fsp3) is 0.231. The third-order valence-electron chi connectivity index (χ3n) is 2.67. The van der Waals surface area contributed by atoms with Gasteiger partial charge in [-0.3, -0.25) is 14.9 Å². The molecule has 2 N–H and O–H groups in total. The van der Waals surface area contributed by atoms with Crippen LogP contribution in [0.3, 0.4) is 0 Å². The van der Waals surface area contributed by atoms with Crippen molar-refractivity contribution in [2.45, 2.75) is 20.8 Å². The number of anilines is 2. The van der Waals surface area contributed by atoms with E-state index in [2.05, 4.69) is 20.8 Å². The Kier molecular flexibility index (Phi) is 4.09. The molecule has 20 heavy (non-hydrogen) atoms. The zero-order valence-electron chi connectivity index (χ0n) is 11.4. The van der Waals surface area contributed by atoms with Crippen LogP contribution in [-0.2, 0) is 9.59 Å². The topological polar surface area (TPSA) is 84.0 Å². The smallest absolute Gasteiger partial charge is 0.315 e. The highest BCUT2D eigenvalue weighted by molar-refractivity contribution is 7.15. The number of carbonyl (C=O) groups is 2. The van der Waals surface area contributed by atoms with Gasteiger partial charge in [-0.05, 0) is 31.9 Å². The second-order valence-electron chi connectivity index (χ2n) is 4.30. The summed E-state index contributed by atoms with van der Waals surface area (Å²) in [6, 6.07) is 5.63. The van der Waals surface area contributed by atoms with Crippen molar-refractivity contribution in [3.8, 4) is 0 Å². The third kappa shape index (κ3) is 3.18. The van der Waals surface area contributed by atoms with Crippen LogP contribution in [0.25, 0.3) is 0 Å². The second kappa shape index (κ2) is 5.79. The van der Waals surface area contributed by atoms with Crippen LogP contribution in [0.5, 0.6) is 0 Å². The number of para-hydroxylation sites is 1. The molecule has 1 aromatic carbocycles. The van der Waals surface area contributed by atoms with E-state index >= 15 is 0 Å². The van der Waals surface area contributed by atoms with Crippen LogP contribution in [0.1, 0.15) is 16.1 Å². The van der Waals surface area contributed by atoms with Gasteiger partial charge in [0.25, 0.3) is 0 Å². The van der Waals surface area contributed by atoms with Crippen LogP contribution < -0.4 is 10.6 Å². The fourth-order valence-corrected chi connectivity index (χ4v) is 2.27. The van der Waals surface area contributed by atoms with E-state index in [1.165, 1.54) is 11.3 Å². The zero-order valence-corrected chi connectivity index (χ0v) is 12.2. The standard InChI is InChI=1S/C13H14N4O2S/c1-7-5-4-6-8(2)10(7)14-11(18)12(19)15-13-17-16-9(3)20-13/h4-6H,1-3H3,(H,14,18)(H,15,17,19). The van der Waals surface area contributed by atoms with E-state index in [0.29, 0.717) is 10.8 Å². The number of nitrogens with one attached hydrogen (secondary N) is 2. The van der Waals surface area contributed by atoms with Crippen molar-refractivity contribution in [2.24, 2.45) is 0 Å². The van der Waals surface area contributed by atoms with E-state index in [1.54, 1.807) is 6.92 Å². The van der Waals surface area contributed by atoms with Crippen LogP contribution >= 0.6 is 11.3 Å². The van der Waals surface area contributed by atoms with Gasteiger partial charge in [-0.25, -0.2) is 0 Å². The maximum Gasteiger partial charge on any atom is 0.315 e. The third-order valence-corrected chi connectivity index (χ3v) is 3.43. The average molecular weight is 290 g/mol. The summed E-state index contributed by atoms with van der Waals surface area (Å²) in [5, 5.41) is 13.6. The van der Waals surface area contributed by atoms with Gasteiger partial charge in [0.2, 0.25) is 5.13 Å². The molecule has 2 aromatic rings. The molecule has 2 amide bonds. The van der Waals surface area contributed by atoms with E-state index < -0.39 is 11.8 Å². The summed E-state index contributed by atoms with van der Waals surface area (Å²) >= 11 is 1.21. The summed E-state index contributed by atoms with van der Waals surface area (Å²) < 4.78 is 0. The Morgan fingerprint density at radius 3 is 2.15 bits per heavy atom. The first-order valence-electron chi connectivity index (χ1n) is 5.96. The molecule has 0 aliphatic rings. The quantitative estimate of drug-likeness (QED) is 0.829. The van der Waals surface area contributed by atoms with Crippen LogP contribution in [-0.4, -0.2) is 22.0 Å². The number of nitrogens with zero attached hydrogens (tertiary/aromatic N) is 2. The number of aromatic nitrogens is 2. The van der Waals surface area contributed by atoms with E-state index in [1.807, 2.05) is 32.0 Å². The Hall–Kier alpha value is -2.28. The summed E-state index contributed by atoms with van der Waals surface area (Å²) in [6.07, 6.45) is 0. The van der Waals surface area contributed by atoms with Gasteiger partial charge in [0.15, 0.2) is 0 Å². The molecule has 2 rings (SSSR count). The van der Waals surface area contributed by atoms with Gasteiger partial charge in [-0.1, -0.05) is 29.5 Å². The minimum absolute atomic E-state index is 0.309. The molecule has 0 unspecified atom stereocenters. The predicted octanol–water partition coefficient (Wildman–Crippen LogP) is 2.04. The fourth-order valence-electron chi connectivity index (χ4n) is 1.68. The lowest BCUT2D eigenvalue weighted by Crippen LogP contribution is -2.29. The highest BCUT2D eigenvalue weighted by Crippen LogP contribution is 2.19. The Morgan fingerprint density at radius 1 is 1.00 bits per heavy atom. The summed E-state index contributed by atoms with van der Waals surface area (Å²) in [7, 11) is 0. The summed E-state index contributed by atoms with van der Waals surface area (Å²) in [4.78, 5) is 23.6. The van der Waals surface area contributed by atoms with Gasteiger partial charge in [0, 0.05) is 5.69 Å². The van der Waals surface area contributed by atoms with Gasteiger partial charge in [-0.15, -0.1) is 10.2 Å². The molecule has 0 aliphatic heterocycles. The Morgan fingerprint density at radius 2 is 1.60 bits per heavy atom. The average Bonchev–Trinajstić information content (AvgIpc) is 2.79. The van der Waals surface area contributed by atoms with E-state index in [9.17, 15) is 9.59 Å². The van der Waals surface area contributed by atoms with Gasteiger partial charge in [0.05, 0.1) is 0 Å². The molecule has 0 atom stereocenters. The first-order valence-corrected chi connectivity index (χ1v) is 6.77. The molecule has 0 aliphatic carbocycles. The number of hydrogen-bond acceptors (Lipinski definition) is 5. The molecule has 1 aromatic heterocycles. The summed E-state index contributed by atoms with van der Waals surface area (Å²) in [5.74, 6) is -1.49. The molecule has 0 saturated carbocycles. The molecular weight excluding hydrogens is 276 g/mol. The maximum atomic E-state index is 11.9. The zero-order chi connectivity index (χ0) is 14.7. The van der Waals surface area contributed by atoms with Crippen molar-refractivity contribution in [3.05, 3.63) is 34.3 Å².